The third-order valence-electron chi connectivity index (χ3n) is 2.55. The molecule has 2 N–H and O–H groups in total. The van der Waals surface area contributed by atoms with Crippen LogP contribution in [0.3, 0.4) is 0 Å². The standard InChI is InChI=1S/C14H24N4O.HI/c1-3-16-14(17-9-5-11-19-2)18-10-7-13-6-4-8-15-12-13;/h4,6,8,12H,3,5,7,9-11H2,1-2H3,(H2,16,17,18);1H. The van der Waals surface area contributed by atoms with Gasteiger partial charge in [0.2, 0.25) is 0 Å². The van der Waals surface area contributed by atoms with Crippen LogP contribution in [0.5, 0.6) is 0 Å². The third kappa shape index (κ3) is 9.08. The van der Waals surface area contributed by atoms with Crippen LogP contribution in [0, 0.1) is 0 Å². The molecule has 114 valence electrons. The lowest BCUT2D eigenvalue weighted by Gasteiger charge is -2.11. The van der Waals surface area contributed by atoms with Gasteiger partial charge in [0.1, 0.15) is 0 Å². The number of halogens is 1. The van der Waals surface area contributed by atoms with E-state index in [0.717, 1.165) is 45.0 Å². The van der Waals surface area contributed by atoms with Crippen molar-refractivity contribution in [3.05, 3.63) is 30.1 Å². The van der Waals surface area contributed by atoms with Gasteiger partial charge in [-0.15, -0.1) is 24.0 Å². The summed E-state index contributed by atoms with van der Waals surface area (Å²) in [6.45, 7) is 5.30. The van der Waals surface area contributed by atoms with Gasteiger partial charge in [0.15, 0.2) is 5.96 Å². The van der Waals surface area contributed by atoms with Gasteiger partial charge < -0.3 is 15.4 Å². The summed E-state index contributed by atoms with van der Waals surface area (Å²) in [5.41, 5.74) is 1.23. The quantitative estimate of drug-likeness (QED) is 0.307. The van der Waals surface area contributed by atoms with Crippen molar-refractivity contribution in [1.29, 1.82) is 0 Å². The van der Waals surface area contributed by atoms with E-state index in [4.69, 9.17) is 4.74 Å². The van der Waals surface area contributed by atoms with Crippen molar-refractivity contribution in [1.82, 2.24) is 15.6 Å². The van der Waals surface area contributed by atoms with Crippen molar-refractivity contribution in [2.24, 2.45) is 4.99 Å². The molecular weight excluding hydrogens is 367 g/mol. The minimum Gasteiger partial charge on any atom is -0.385 e. The number of pyridine rings is 1. The van der Waals surface area contributed by atoms with Gasteiger partial charge in [-0.1, -0.05) is 6.07 Å². The SMILES string of the molecule is CCNC(=NCCCOC)NCCc1cccnc1.I. The van der Waals surface area contributed by atoms with Gasteiger partial charge >= 0.3 is 0 Å². The molecule has 0 aliphatic heterocycles. The minimum absolute atomic E-state index is 0. The lowest BCUT2D eigenvalue weighted by Crippen LogP contribution is -2.38. The summed E-state index contributed by atoms with van der Waals surface area (Å²) in [4.78, 5) is 8.58. The minimum atomic E-state index is 0. The van der Waals surface area contributed by atoms with E-state index in [1.807, 2.05) is 12.3 Å². The molecule has 5 nitrogen and oxygen atoms in total. The van der Waals surface area contributed by atoms with Gasteiger partial charge in [0, 0.05) is 45.7 Å². The maximum Gasteiger partial charge on any atom is 0.191 e. The van der Waals surface area contributed by atoms with E-state index >= 15 is 0 Å². The van der Waals surface area contributed by atoms with Crippen LogP contribution in [0.25, 0.3) is 0 Å². The first kappa shape index (κ1) is 19.1. The zero-order valence-corrected chi connectivity index (χ0v) is 14.6. The van der Waals surface area contributed by atoms with Crippen LogP contribution in [0.4, 0.5) is 0 Å². The number of nitrogens with one attached hydrogen (secondary N) is 2. The Labute approximate surface area is 138 Å². The molecule has 1 aromatic heterocycles. The predicted octanol–water partition coefficient (Wildman–Crippen LogP) is 1.83. The molecule has 0 saturated carbocycles. The molecule has 0 aliphatic rings. The van der Waals surface area contributed by atoms with Crippen molar-refractivity contribution in [2.75, 3.05) is 33.4 Å². The van der Waals surface area contributed by atoms with Crippen molar-refractivity contribution in [3.63, 3.8) is 0 Å². The maximum absolute atomic E-state index is 5.01. The Morgan fingerprint density at radius 2 is 2.25 bits per heavy atom. The largest absolute Gasteiger partial charge is 0.385 e. The Balaban J connectivity index is 0.00000361. The Bertz CT molecular complexity index is 359. The monoisotopic (exact) mass is 392 g/mol. The highest BCUT2D eigenvalue weighted by Crippen LogP contribution is 1.95. The van der Waals surface area contributed by atoms with E-state index in [9.17, 15) is 0 Å². The van der Waals surface area contributed by atoms with Crippen molar-refractivity contribution >= 4 is 29.9 Å². The highest BCUT2D eigenvalue weighted by Gasteiger charge is 1.97. The molecule has 0 saturated heterocycles. The predicted molar refractivity (Wildman–Crippen MR) is 93.8 cm³/mol. The second-order valence-electron chi connectivity index (χ2n) is 4.15. The molecule has 1 aromatic rings. The van der Waals surface area contributed by atoms with E-state index in [0.29, 0.717) is 0 Å². The number of nitrogens with zero attached hydrogens (tertiary/aromatic N) is 2. The van der Waals surface area contributed by atoms with Crippen LogP contribution in [-0.4, -0.2) is 44.3 Å². The smallest absolute Gasteiger partial charge is 0.191 e. The first-order valence-electron chi connectivity index (χ1n) is 6.76. The first-order valence-corrected chi connectivity index (χ1v) is 6.76. The van der Waals surface area contributed by atoms with Crippen molar-refractivity contribution < 1.29 is 4.74 Å². The molecule has 0 unspecified atom stereocenters. The molecule has 1 heterocycles. The molecule has 6 heteroatoms. The Kier molecular flexibility index (Phi) is 12.5. The van der Waals surface area contributed by atoms with Gasteiger partial charge in [0.25, 0.3) is 0 Å². The molecule has 20 heavy (non-hydrogen) atoms. The molecule has 0 bridgehead atoms. The average molecular weight is 392 g/mol. The zero-order valence-electron chi connectivity index (χ0n) is 12.3. The molecule has 1 rings (SSSR count). The fourth-order valence-corrected chi connectivity index (χ4v) is 1.61. The highest BCUT2D eigenvalue weighted by molar-refractivity contribution is 14.0. The van der Waals surface area contributed by atoms with E-state index < -0.39 is 0 Å². The summed E-state index contributed by atoms with van der Waals surface area (Å²) in [7, 11) is 1.71. The Morgan fingerprint density at radius 3 is 2.90 bits per heavy atom. The zero-order chi connectivity index (χ0) is 13.8. The molecule has 0 aromatic carbocycles. The van der Waals surface area contributed by atoms with Crippen LogP contribution < -0.4 is 10.6 Å². The van der Waals surface area contributed by atoms with Gasteiger partial charge in [-0.25, -0.2) is 0 Å². The lowest BCUT2D eigenvalue weighted by molar-refractivity contribution is 0.197. The summed E-state index contributed by atoms with van der Waals surface area (Å²) >= 11 is 0. The van der Waals surface area contributed by atoms with E-state index in [2.05, 4.69) is 33.6 Å². The molecular formula is C14H25IN4O. The van der Waals surface area contributed by atoms with E-state index in [-0.39, 0.29) is 24.0 Å². The van der Waals surface area contributed by atoms with Crippen LogP contribution in [0.2, 0.25) is 0 Å². The first-order chi connectivity index (χ1) is 9.36. The van der Waals surface area contributed by atoms with Gasteiger partial charge in [-0.05, 0) is 31.4 Å². The molecule has 0 fully saturated rings. The number of ether oxygens (including phenoxy) is 1. The number of guanidine groups is 1. The number of aromatic nitrogens is 1. The second-order valence-corrected chi connectivity index (χ2v) is 4.15. The molecule has 0 radical (unpaired) electrons. The van der Waals surface area contributed by atoms with E-state index in [1.54, 1.807) is 13.3 Å². The van der Waals surface area contributed by atoms with Gasteiger partial charge in [0.05, 0.1) is 0 Å². The van der Waals surface area contributed by atoms with Gasteiger partial charge in [-0.3, -0.25) is 9.98 Å². The van der Waals surface area contributed by atoms with Crippen LogP contribution >= 0.6 is 24.0 Å². The highest BCUT2D eigenvalue weighted by atomic mass is 127. The summed E-state index contributed by atoms with van der Waals surface area (Å²) in [6.07, 6.45) is 5.56. The Hall–Kier alpha value is -0.890. The average Bonchev–Trinajstić information content (AvgIpc) is 2.44. The fourth-order valence-electron chi connectivity index (χ4n) is 1.61. The van der Waals surface area contributed by atoms with Crippen LogP contribution in [-0.2, 0) is 11.2 Å². The lowest BCUT2D eigenvalue weighted by atomic mass is 10.2. The van der Waals surface area contributed by atoms with Crippen molar-refractivity contribution in [2.45, 2.75) is 19.8 Å². The van der Waals surface area contributed by atoms with E-state index in [1.165, 1.54) is 5.56 Å². The third-order valence-corrected chi connectivity index (χ3v) is 2.55. The van der Waals surface area contributed by atoms with Gasteiger partial charge in [-0.2, -0.15) is 0 Å². The topological polar surface area (TPSA) is 58.5 Å². The number of methoxy groups -OCH3 is 1. The molecule has 0 amide bonds. The van der Waals surface area contributed by atoms with Crippen LogP contribution in [0.1, 0.15) is 18.9 Å². The number of aliphatic imine (C=N–C) groups is 1. The normalized spacial score (nSPS) is 10.8. The Morgan fingerprint density at radius 1 is 1.40 bits per heavy atom. The molecule has 0 atom stereocenters. The number of hydrogen-bond donors (Lipinski definition) is 2. The number of hydrogen-bond acceptors (Lipinski definition) is 3. The van der Waals surface area contributed by atoms with Crippen molar-refractivity contribution in [3.8, 4) is 0 Å². The summed E-state index contributed by atoms with van der Waals surface area (Å²) in [6, 6.07) is 4.04. The maximum atomic E-state index is 5.01. The van der Waals surface area contributed by atoms with Crippen LogP contribution in [0.15, 0.2) is 29.5 Å². The number of rotatable bonds is 8. The second kappa shape index (κ2) is 13.1. The molecule has 0 aliphatic carbocycles. The summed E-state index contributed by atoms with van der Waals surface area (Å²) in [5, 5.41) is 6.54. The fraction of sp³-hybridized carbons (Fsp3) is 0.571. The summed E-state index contributed by atoms with van der Waals surface area (Å²) < 4.78 is 5.01. The molecule has 0 spiro atoms. The summed E-state index contributed by atoms with van der Waals surface area (Å²) in [5.74, 6) is 0.863.